The van der Waals surface area contributed by atoms with Gasteiger partial charge in [0.1, 0.15) is 11.0 Å². The van der Waals surface area contributed by atoms with Gasteiger partial charge in [-0.05, 0) is 73.8 Å². The predicted octanol–water partition coefficient (Wildman–Crippen LogP) is 12.3. The molecule has 1 aliphatic rings. The Balaban J connectivity index is 1.07. The van der Waals surface area contributed by atoms with Crippen LogP contribution < -0.4 is 0 Å². The van der Waals surface area contributed by atoms with Gasteiger partial charge in [-0.25, -0.2) is 15.0 Å². The van der Waals surface area contributed by atoms with Gasteiger partial charge in [0.15, 0.2) is 17.5 Å². The molecule has 0 radical (unpaired) electrons. The lowest BCUT2D eigenvalue weighted by Gasteiger charge is -2.33. The van der Waals surface area contributed by atoms with Crippen molar-refractivity contribution >= 4 is 32.6 Å². The number of aromatic nitrogens is 6. The summed E-state index contributed by atoms with van der Waals surface area (Å²) in [5.41, 5.74) is 12.1. The Bertz CT molecular complexity index is 3380. The first kappa shape index (κ1) is 34.0. The van der Waals surface area contributed by atoms with Crippen molar-refractivity contribution in [2.75, 3.05) is 0 Å². The Kier molecular flexibility index (Phi) is 7.65. The van der Waals surface area contributed by atoms with Crippen LogP contribution in [0.4, 0.5) is 0 Å². The van der Waals surface area contributed by atoms with E-state index in [4.69, 9.17) is 25.1 Å². The lowest BCUT2D eigenvalue weighted by atomic mass is 9.67. The third kappa shape index (κ3) is 5.17. The number of fused-ring (bicyclic) bond motifs is 8. The Labute approximate surface area is 346 Å². The third-order valence-electron chi connectivity index (χ3n) is 12.0. The molecule has 2 aromatic heterocycles. The molecule has 0 aliphatic heterocycles. The molecule has 12 rings (SSSR count). The zero-order valence-electron chi connectivity index (χ0n) is 32.3. The zero-order valence-corrected chi connectivity index (χ0v) is 32.3. The lowest BCUT2D eigenvalue weighted by molar-refractivity contribution is 0.766. The highest BCUT2D eigenvalue weighted by atomic mass is 15.5. The predicted molar refractivity (Wildman–Crippen MR) is 241 cm³/mol. The highest BCUT2D eigenvalue weighted by molar-refractivity contribution is 6.18. The topological polar surface area (TPSA) is 69.4 Å². The van der Waals surface area contributed by atoms with Crippen molar-refractivity contribution in [3.63, 3.8) is 0 Å². The second-order valence-corrected chi connectivity index (χ2v) is 15.3. The van der Waals surface area contributed by atoms with Crippen LogP contribution in [0.15, 0.2) is 206 Å². The summed E-state index contributed by atoms with van der Waals surface area (Å²) in [5.74, 6) is 1.85. The van der Waals surface area contributed by atoms with Crippen LogP contribution in [-0.4, -0.2) is 29.9 Å². The van der Waals surface area contributed by atoms with E-state index >= 15 is 0 Å². The van der Waals surface area contributed by atoms with Crippen molar-refractivity contribution in [3.05, 3.63) is 229 Å². The Morgan fingerprint density at radius 1 is 0.400 bits per heavy atom. The summed E-state index contributed by atoms with van der Waals surface area (Å²) in [7, 11) is 0. The molecular formula is C54H34N6. The highest BCUT2D eigenvalue weighted by Gasteiger charge is 2.47. The fourth-order valence-electron chi connectivity index (χ4n) is 9.36. The van der Waals surface area contributed by atoms with Gasteiger partial charge in [0.2, 0.25) is 0 Å². The molecule has 0 bridgehead atoms. The number of nitrogens with zero attached hydrogens (tertiary/aromatic N) is 6. The smallest absolute Gasteiger partial charge is 0.164 e. The van der Waals surface area contributed by atoms with Crippen LogP contribution in [0.2, 0.25) is 0 Å². The summed E-state index contributed by atoms with van der Waals surface area (Å²) < 4.78 is 0. The molecule has 2 heterocycles. The van der Waals surface area contributed by atoms with Gasteiger partial charge >= 0.3 is 0 Å². The number of benzene rings is 9. The maximum Gasteiger partial charge on any atom is 0.164 e. The summed E-state index contributed by atoms with van der Waals surface area (Å²) in [6.07, 6.45) is 0. The van der Waals surface area contributed by atoms with Gasteiger partial charge in [-0.3, -0.25) is 0 Å². The minimum absolute atomic E-state index is 0.540. The molecule has 1 aliphatic carbocycles. The Morgan fingerprint density at radius 3 is 1.73 bits per heavy atom. The summed E-state index contributed by atoms with van der Waals surface area (Å²) in [4.78, 5) is 17.5. The normalized spacial score (nSPS) is 12.8. The zero-order chi connectivity index (χ0) is 39.6. The van der Waals surface area contributed by atoms with Crippen molar-refractivity contribution in [1.29, 1.82) is 0 Å². The maximum atomic E-state index is 5.35. The van der Waals surface area contributed by atoms with Crippen molar-refractivity contribution in [3.8, 4) is 51.0 Å². The molecule has 6 heteroatoms. The molecule has 0 atom stereocenters. The molecule has 0 unspecified atom stereocenters. The highest BCUT2D eigenvalue weighted by Crippen LogP contribution is 2.58. The SMILES string of the molecule is c1ccc(-c2nc(-c3ccc4c(ccc5ccc6nn(-c7ccccc7)nc6c54)c3)nc(-c3cccc4c3-c3ccccc3C4(c3ccccc3)c3ccccc3)n2)cc1. The van der Waals surface area contributed by atoms with Crippen molar-refractivity contribution in [2.45, 2.75) is 5.41 Å². The van der Waals surface area contributed by atoms with Crippen LogP contribution in [0.3, 0.4) is 0 Å². The van der Waals surface area contributed by atoms with Crippen molar-refractivity contribution in [2.24, 2.45) is 0 Å². The molecule has 0 spiro atoms. The van der Waals surface area contributed by atoms with Crippen molar-refractivity contribution < 1.29 is 0 Å². The Hall–Kier alpha value is -8.09. The maximum absolute atomic E-state index is 5.35. The minimum Gasteiger partial charge on any atom is -0.208 e. The van der Waals surface area contributed by atoms with Crippen molar-refractivity contribution in [1.82, 2.24) is 29.9 Å². The van der Waals surface area contributed by atoms with Gasteiger partial charge in [0.25, 0.3) is 0 Å². The molecule has 6 nitrogen and oxygen atoms in total. The van der Waals surface area contributed by atoms with Crippen LogP contribution in [0, 0.1) is 0 Å². The van der Waals surface area contributed by atoms with Gasteiger partial charge in [-0.1, -0.05) is 182 Å². The lowest BCUT2D eigenvalue weighted by Crippen LogP contribution is -2.28. The van der Waals surface area contributed by atoms with Crippen LogP contribution in [-0.2, 0) is 5.41 Å². The van der Waals surface area contributed by atoms with E-state index in [1.807, 2.05) is 54.6 Å². The largest absolute Gasteiger partial charge is 0.208 e. The molecule has 0 saturated carbocycles. The average Bonchev–Trinajstić information content (AvgIpc) is 3.91. The van der Waals surface area contributed by atoms with E-state index in [-0.39, 0.29) is 0 Å². The van der Waals surface area contributed by atoms with E-state index in [0.717, 1.165) is 60.5 Å². The standard InChI is InChI=1S/C54H34N6/c1-5-16-36(17-6-1)51-55-52(38-30-32-42-37(34-38)29-28-35-31-33-47-50(48(35)42)59-60(58-47)41-22-11-4-12-23-41)57-53(56-51)44-25-15-27-46-49(44)43-24-13-14-26-45(43)54(46,39-18-7-2-8-19-39)40-20-9-3-10-21-40/h1-34H. The fourth-order valence-corrected chi connectivity index (χ4v) is 9.36. The molecule has 0 N–H and O–H groups in total. The quantitative estimate of drug-likeness (QED) is 0.158. The van der Waals surface area contributed by atoms with E-state index in [0.29, 0.717) is 17.5 Å². The first-order valence-electron chi connectivity index (χ1n) is 20.2. The number of hydrogen-bond acceptors (Lipinski definition) is 5. The van der Waals surface area contributed by atoms with E-state index in [2.05, 4.69) is 152 Å². The number of para-hydroxylation sites is 1. The van der Waals surface area contributed by atoms with Crippen LogP contribution in [0.25, 0.3) is 83.6 Å². The Morgan fingerprint density at radius 2 is 0.983 bits per heavy atom. The molecule has 60 heavy (non-hydrogen) atoms. The summed E-state index contributed by atoms with van der Waals surface area (Å²) in [6.45, 7) is 0. The van der Waals surface area contributed by atoms with E-state index in [1.165, 1.54) is 27.8 Å². The molecule has 0 fully saturated rings. The fraction of sp³-hybridized carbons (Fsp3) is 0.0185. The van der Waals surface area contributed by atoms with E-state index in [9.17, 15) is 0 Å². The van der Waals surface area contributed by atoms with Crippen LogP contribution in [0.5, 0.6) is 0 Å². The summed E-state index contributed by atoms with van der Waals surface area (Å²) >= 11 is 0. The van der Waals surface area contributed by atoms with Gasteiger partial charge in [-0.15, -0.1) is 10.2 Å². The number of hydrogen-bond donors (Lipinski definition) is 0. The number of rotatable bonds is 6. The second kappa shape index (κ2) is 13.5. The van der Waals surface area contributed by atoms with Crippen LogP contribution >= 0.6 is 0 Å². The molecule has 0 amide bonds. The monoisotopic (exact) mass is 766 g/mol. The summed E-state index contributed by atoms with van der Waals surface area (Å²) in [6, 6.07) is 72.3. The third-order valence-corrected chi connectivity index (χ3v) is 12.0. The van der Waals surface area contributed by atoms with E-state index in [1.54, 1.807) is 4.80 Å². The molecule has 280 valence electrons. The van der Waals surface area contributed by atoms with Gasteiger partial charge in [0.05, 0.1) is 11.1 Å². The molecule has 9 aromatic carbocycles. The average molecular weight is 767 g/mol. The molecular weight excluding hydrogens is 733 g/mol. The van der Waals surface area contributed by atoms with Gasteiger partial charge in [0, 0.05) is 22.1 Å². The summed E-state index contributed by atoms with van der Waals surface area (Å²) in [5, 5.41) is 14.2. The second-order valence-electron chi connectivity index (χ2n) is 15.3. The molecule has 0 saturated heterocycles. The van der Waals surface area contributed by atoms with Gasteiger partial charge in [-0.2, -0.15) is 4.80 Å². The molecule has 11 aromatic rings. The first-order chi connectivity index (χ1) is 29.7. The van der Waals surface area contributed by atoms with Gasteiger partial charge < -0.3 is 0 Å². The van der Waals surface area contributed by atoms with Crippen LogP contribution in [0.1, 0.15) is 22.3 Å². The first-order valence-corrected chi connectivity index (χ1v) is 20.2. The van der Waals surface area contributed by atoms with E-state index < -0.39 is 5.41 Å². The minimum atomic E-state index is -0.540.